The second-order valence-corrected chi connectivity index (χ2v) is 20.9. The molecular formula is C60H59N3OPt. The van der Waals surface area contributed by atoms with Crippen LogP contribution in [0.3, 0.4) is 0 Å². The van der Waals surface area contributed by atoms with E-state index < -0.39 is 5.41 Å². The molecule has 330 valence electrons. The Morgan fingerprint density at radius 3 is 1.71 bits per heavy atom. The molecule has 2 heterocycles. The number of ether oxygens (including phenoxy) is 1. The summed E-state index contributed by atoms with van der Waals surface area (Å²) in [4.78, 5) is 10.3. The van der Waals surface area contributed by atoms with Gasteiger partial charge in [0.25, 0.3) is 0 Å². The van der Waals surface area contributed by atoms with Crippen LogP contribution in [0.15, 0.2) is 140 Å². The number of benzene rings is 6. The molecule has 4 nitrogen and oxygen atoms in total. The first-order valence-corrected chi connectivity index (χ1v) is 22.6. The molecule has 0 saturated carbocycles. The number of aryl methyl sites for hydroxylation is 3. The number of fused-ring (bicyclic) bond motifs is 3. The maximum Gasteiger partial charge on any atom is 2.00 e. The Balaban J connectivity index is 0.00000576. The summed E-state index contributed by atoms with van der Waals surface area (Å²) >= 11 is 0. The van der Waals surface area contributed by atoms with Gasteiger partial charge in [0.2, 0.25) is 0 Å². The van der Waals surface area contributed by atoms with Crippen LogP contribution >= 0.6 is 0 Å². The number of aromatic nitrogens is 3. The molecule has 0 bridgehead atoms. The Morgan fingerprint density at radius 1 is 0.554 bits per heavy atom. The fourth-order valence-corrected chi connectivity index (χ4v) is 9.63. The van der Waals surface area contributed by atoms with Crippen molar-refractivity contribution in [1.29, 1.82) is 0 Å². The predicted molar refractivity (Wildman–Crippen MR) is 264 cm³/mol. The van der Waals surface area contributed by atoms with E-state index >= 15 is 0 Å². The van der Waals surface area contributed by atoms with Crippen LogP contribution in [0.1, 0.15) is 118 Å². The molecule has 0 radical (unpaired) electrons. The average Bonchev–Trinajstić information content (AvgIpc) is 3.84. The Hall–Kier alpha value is -5.83. The van der Waals surface area contributed by atoms with Gasteiger partial charge in [0.1, 0.15) is 0 Å². The molecule has 0 saturated heterocycles. The van der Waals surface area contributed by atoms with Gasteiger partial charge >= 0.3 is 21.1 Å². The van der Waals surface area contributed by atoms with Gasteiger partial charge < -0.3 is 9.30 Å². The number of imidazole rings is 1. The van der Waals surface area contributed by atoms with Crippen molar-refractivity contribution in [3.63, 3.8) is 0 Å². The van der Waals surface area contributed by atoms with E-state index in [9.17, 15) is 0 Å². The fraction of sp³-hybridized carbons (Fsp3) is 0.267. The zero-order chi connectivity index (χ0) is 45.3. The summed E-state index contributed by atoms with van der Waals surface area (Å²) in [6.07, 6.45) is 5.93. The predicted octanol–water partition coefficient (Wildman–Crippen LogP) is 15.2. The van der Waals surface area contributed by atoms with Gasteiger partial charge in [-0.05, 0) is 98.7 Å². The molecular weight excluding hydrogens is 974 g/mol. The molecule has 1 aliphatic carbocycles. The Morgan fingerprint density at radius 2 is 1.12 bits per heavy atom. The molecule has 0 aliphatic heterocycles. The smallest absolute Gasteiger partial charge is 0.503 e. The molecule has 65 heavy (non-hydrogen) atoms. The first kappa shape index (κ1) is 45.7. The third-order valence-corrected chi connectivity index (χ3v) is 13.0. The molecule has 8 aromatic rings. The van der Waals surface area contributed by atoms with E-state index in [0.717, 1.165) is 39.5 Å². The molecule has 0 fully saturated rings. The molecule has 1 aliphatic rings. The van der Waals surface area contributed by atoms with Crippen molar-refractivity contribution >= 4 is 0 Å². The molecule has 0 spiro atoms. The molecule has 5 heteroatoms. The summed E-state index contributed by atoms with van der Waals surface area (Å²) in [6.45, 7) is 27.0. The maximum absolute atomic E-state index is 6.79. The van der Waals surface area contributed by atoms with E-state index in [1.165, 1.54) is 55.6 Å². The van der Waals surface area contributed by atoms with Crippen molar-refractivity contribution in [2.45, 2.75) is 105 Å². The zero-order valence-electron chi connectivity index (χ0n) is 39.8. The van der Waals surface area contributed by atoms with Gasteiger partial charge in [0, 0.05) is 41.3 Å². The number of hydrogen-bond donors (Lipinski definition) is 0. The van der Waals surface area contributed by atoms with Crippen LogP contribution in [0.4, 0.5) is 0 Å². The average molecular weight is 1030 g/mol. The molecule has 0 amide bonds. The summed E-state index contributed by atoms with van der Waals surface area (Å²) in [6, 6.07) is 51.6. The molecule has 0 N–H and O–H groups in total. The van der Waals surface area contributed by atoms with Crippen LogP contribution in [0.5, 0.6) is 11.5 Å². The Labute approximate surface area is 401 Å². The normalized spacial score (nSPS) is 13.2. The van der Waals surface area contributed by atoms with Crippen LogP contribution < -0.4 is 4.74 Å². The SMILES string of the molecule is Cc1cc(C)c(-n2ccnc2-c2[c-]c(Oc3[c-]c(C4(c5ccc(-c6cccc(C(C)(C)C)c6)cn5)c5cc(C(C)(C)C)ccc5-c5ccc(C(C)(C)C)cc54)ccc3)ccc2)c(C)c1.[Pt+2]. The number of pyridine rings is 1. The summed E-state index contributed by atoms with van der Waals surface area (Å²) in [5, 5.41) is 0. The minimum Gasteiger partial charge on any atom is -0.503 e. The van der Waals surface area contributed by atoms with Crippen LogP contribution in [-0.2, 0) is 42.7 Å². The van der Waals surface area contributed by atoms with Crippen molar-refractivity contribution in [3.8, 4) is 50.8 Å². The van der Waals surface area contributed by atoms with Gasteiger partial charge in [0.05, 0.1) is 16.9 Å². The summed E-state index contributed by atoms with van der Waals surface area (Å²) in [7, 11) is 0. The molecule has 0 atom stereocenters. The van der Waals surface area contributed by atoms with Crippen molar-refractivity contribution in [2.75, 3.05) is 0 Å². The van der Waals surface area contributed by atoms with Gasteiger partial charge in [-0.2, -0.15) is 12.1 Å². The van der Waals surface area contributed by atoms with Crippen LogP contribution in [-0.4, -0.2) is 14.5 Å². The summed E-state index contributed by atoms with van der Waals surface area (Å²) < 4.78 is 8.94. The van der Waals surface area contributed by atoms with E-state index in [2.05, 4.69) is 203 Å². The number of rotatable bonds is 7. The minimum absolute atomic E-state index is 0. The maximum atomic E-state index is 6.79. The van der Waals surface area contributed by atoms with Crippen LogP contribution in [0.2, 0.25) is 0 Å². The quantitative estimate of drug-likeness (QED) is 0.149. The van der Waals surface area contributed by atoms with Gasteiger partial charge in [-0.1, -0.05) is 153 Å². The molecule has 6 aromatic carbocycles. The fourth-order valence-electron chi connectivity index (χ4n) is 9.63. The first-order valence-electron chi connectivity index (χ1n) is 22.6. The first-order chi connectivity index (χ1) is 30.3. The topological polar surface area (TPSA) is 39.9 Å². The van der Waals surface area contributed by atoms with Gasteiger partial charge in [0.15, 0.2) is 0 Å². The van der Waals surface area contributed by atoms with E-state index in [1.807, 2.05) is 36.7 Å². The Bertz CT molecular complexity index is 2970. The van der Waals surface area contributed by atoms with E-state index in [-0.39, 0.29) is 37.3 Å². The van der Waals surface area contributed by atoms with E-state index in [1.54, 1.807) is 0 Å². The van der Waals surface area contributed by atoms with Crippen LogP contribution in [0, 0.1) is 32.9 Å². The standard InChI is InChI=1S/C60H59N3O.Pt/c1-38-30-39(2)55(40(3)31-38)63-29-28-61-56(63)42-17-14-20-48(33-42)64-49-21-15-19-47(34-49)60(54-27-22-43(37-62-54)41-16-13-18-44(32-41)57(4,5)6)52-35-45(58(7,8)9)23-25-50(52)51-26-24-46(36-53(51)60)59(10,11)12;/h13-32,35-37H,1-12H3;/q-2;+2. The monoisotopic (exact) mass is 1030 g/mol. The molecule has 0 unspecified atom stereocenters. The molecule has 2 aromatic heterocycles. The van der Waals surface area contributed by atoms with Crippen molar-refractivity contribution in [2.24, 2.45) is 0 Å². The third-order valence-electron chi connectivity index (χ3n) is 13.0. The molecule has 9 rings (SSSR count). The van der Waals surface area contributed by atoms with Crippen LogP contribution in [0.25, 0.3) is 39.3 Å². The van der Waals surface area contributed by atoms with Crippen molar-refractivity contribution in [1.82, 2.24) is 14.5 Å². The summed E-state index contributed by atoms with van der Waals surface area (Å²) in [5.41, 5.74) is 17.5. The van der Waals surface area contributed by atoms with E-state index in [4.69, 9.17) is 14.7 Å². The van der Waals surface area contributed by atoms with Crippen molar-refractivity contribution in [3.05, 3.63) is 208 Å². The van der Waals surface area contributed by atoms with Gasteiger partial charge in [-0.3, -0.25) is 9.97 Å². The summed E-state index contributed by atoms with van der Waals surface area (Å²) in [5.74, 6) is 1.99. The zero-order valence-corrected chi connectivity index (χ0v) is 42.1. The largest absolute Gasteiger partial charge is 2.00 e. The van der Waals surface area contributed by atoms with Crippen molar-refractivity contribution < 1.29 is 25.8 Å². The second-order valence-electron chi connectivity index (χ2n) is 20.9. The van der Waals surface area contributed by atoms with E-state index in [0.29, 0.717) is 11.5 Å². The Kier molecular flexibility index (Phi) is 11.9. The number of nitrogens with zero attached hydrogens (tertiary/aromatic N) is 3. The van der Waals surface area contributed by atoms with Gasteiger partial charge in [-0.15, -0.1) is 41.5 Å². The number of hydrogen-bond acceptors (Lipinski definition) is 3. The van der Waals surface area contributed by atoms with Gasteiger partial charge in [-0.25, -0.2) is 0 Å². The third kappa shape index (κ3) is 8.36. The minimum atomic E-state index is -0.807. The second kappa shape index (κ2) is 16.9.